The van der Waals surface area contributed by atoms with Gasteiger partial charge in [-0.1, -0.05) is 12.1 Å². The average Bonchev–Trinajstić information content (AvgIpc) is 3.53. The van der Waals surface area contributed by atoms with Crippen LogP contribution in [0.3, 0.4) is 0 Å². The first-order chi connectivity index (χ1) is 15.5. The molecule has 0 bridgehead atoms. The number of ether oxygens (including phenoxy) is 2. The van der Waals surface area contributed by atoms with Crippen LogP contribution in [0.25, 0.3) is 17.0 Å². The van der Waals surface area contributed by atoms with E-state index in [1.807, 2.05) is 24.3 Å². The van der Waals surface area contributed by atoms with Gasteiger partial charge in [0.2, 0.25) is 5.91 Å². The van der Waals surface area contributed by atoms with E-state index >= 15 is 0 Å². The number of halogens is 1. The van der Waals surface area contributed by atoms with Gasteiger partial charge < -0.3 is 24.5 Å². The Morgan fingerprint density at radius 2 is 2.12 bits per heavy atom. The van der Waals surface area contributed by atoms with E-state index in [0.717, 1.165) is 41.7 Å². The number of fused-ring (bicyclic) bond motifs is 2. The van der Waals surface area contributed by atoms with Crippen molar-refractivity contribution in [2.75, 3.05) is 26.8 Å². The second-order valence-corrected chi connectivity index (χ2v) is 8.36. The molecule has 1 fully saturated rings. The molecule has 2 aromatic carbocycles. The van der Waals surface area contributed by atoms with Gasteiger partial charge in [0.25, 0.3) is 0 Å². The highest BCUT2D eigenvalue weighted by molar-refractivity contribution is 5.98. The van der Waals surface area contributed by atoms with E-state index in [9.17, 15) is 9.18 Å². The molecule has 1 aliphatic heterocycles. The quantitative estimate of drug-likeness (QED) is 0.567. The fourth-order valence-corrected chi connectivity index (χ4v) is 4.27. The minimum absolute atomic E-state index is 0.0874. The van der Waals surface area contributed by atoms with Gasteiger partial charge in [-0.25, -0.2) is 4.39 Å². The summed E-state index contributed by atoms with van der Waals surface area (Å²) < 4.78 is 31.2. The van der Waals surface area contributed by atoms with Crippen LogP contribution in [-0.2, 0) is 6.42 Å². The van der Waals surface area contributed by atoms with Gasteiger partial charge >= 0.3 is 0 Å². The Morgan fingerprint density at radius 1 is 1.28 bits per heavy atom. The van der Waals surface area contributed by atoms with Crippen molar-refractivity contribution in [2.45, 2.75) is 19.3 Å². The highest BCUT2D eigenvalue weighted by Gasteiger charge is 2.28. The molecule has 32 heavy (non-hydrogen) atoms. The van der Waals surface area contributed by atoms with E-state index in [2.05, 4.69) is 4.90 Å². The Balaban J connectivity index is 1.43. The van der Waals surface area contributed by atoms with E-state index < -0.39 is 11.7 Å². The summed E-state index contributed by atoms with van der Waals surface area (Å²) in [6, 6.07) is 8.50. The lowest BCUT2D eigenvalue weighted by atomic mass is 10.0. The van der Waals surface area contributed by atoms with Crippen LogP contribution in [-0.4, -0.2) is 37.6 Å². The number of benzene rings is 2. The molecule has 0 unspecified atom stereocenters. The highest BCUT2D eigenvalue weighted by Crippen LogP contribution is 2.36. The summed E-state index contributed by atoms with van der Waals surface area (Å²) in [5.74, 6) is 0.346. The summed E-state index contributed by atoms with van der Waals surface area (Å²) in [4.78, 5) is 14.2. The first kappa shape index (κ1) is 20.4. The molecule has 7 heteroatoms. The molecular weight excluding hydrogens is 411 g/mol. The molecule has 0 spiro atoms. The maximum atomic E-state index is 14.3. The SMILES string of the molecule is COc1cccc2c(CCN(CC3CC3)C3=Cc4c(C(N)=O)ccc(F)c4OC3)coc12. The number of rotatable bonds is 8. The topological polar surface area (TPSA) is 77.9 Å². The van der Waals surface area contributed by atoms with Crippen molar-refractivity contribution >= 4 is 23.0 Å². The molecule has 2 heterocycles. The summed E-state index contributed by atoms with van der Waals surface area (Å²) in [7, 11) is 1.63. The molecule has 1 amide bonds. The zero-order chi connectivity index (χ0) is 22.2. The molecule has 0 saturated heterocycles. The van der Waals surface area contributed by atoms with Crippen LogP contribution in [0, 0.1) is 11.7 Å². The molecule has 6 nitrogen and oxygen atoms in total. The molecule has 0 radical (unpaired) electrons. The van der Waals surface area contributed by atoms with Gasteiger partial charge in [-0.2, -0.15) is 0 Å². The molecule has 5 rings (SSSR count). The third-order valence-electron chi connectivity index (χ3n) is 6.19. The monoisotopic (exact) mass is 436 g/mol. The number of carbonyl (C=O) groups excluding carboxylic acids is 1. The molecule has 3 aromatic rings. The van der Waals surface area contributed by atoms with E-state index in [1.54, 1.807) is 13.4 Å². The maximum absolute atomic E-state index is 14.3. The van der Waals surface area contributed by atoms with E-state index in [-0.39, 0.29) is 17.9 Å². The number of amides is 1. The summed E-state index contributed by atoms with van der Waals surface area (Å²) in [5, 5.41) is 1.04. The van der Waals surface area contributed by atoms with Crippen molar-refractivity contribution in [3.05, 3.63) is 64.8 Å². The fraction of sp³-hybridized carbons (Fsp3) is 0.320. The first-order valence-corrected chi connectivity index (χ1v) is 10.8. The number of nitrogens with two attached hydrogens (primary N) is 1. The van der Waals surface area contributed by atoms with Crippen LogP contribution in [0.15, 0.2) is 46.7 Å². The minimum atomic E-state index is -0.602. The predicted molar refractivity (Wildman–Crippen MR) is 119 cm³/mol. The number of primary amides is 1. The lowest BCUT2D eigenvalue weighted by Gasteiger charge is -2.31. The van der Waals surface area contributed by atoms with Gasteiger partial charge in [0, 0.05) is 29.6 Å². The lowest BCUT2D eigenvalue weighted by molar-refractivity contribution is 0.0999. The summed E-state index contributed by atoms with van der Waals surface area (Å²) in [6.45, 7) is 1.89. The van der Waals surface area contributed by atoms with Crippen LogP contribution in [0.1, 0.15) is 34.3 Å². The standard InChI is InChI=1S/C25H25FN2O4/c1-30-22-4-2-3-18-16(13-31-24(18)22)9-10-28(12-15-5-6-15)17-11-20-19(25(27)29)7-8-21(26)23(20)32-14-17/h2-4,7-8,11,13,15H,5-6,9-10,12,14H2,1H3,(H2,27,29). The summed E-state index contributed by atoms with van der Waals surface area (Å²) >= 11 is 0. The van der Waals surface area contributed by atoms with Crippen LogP contribution in [0.2, 0.25) is 0 Å². The Bertz CT molecular complexity index is 1210. The Hall–Kier alpha value is -3.48. The minimum Gasteiger partial charge on any atom is -0.493 e. The zero-order valence-electron chi connectivity index (χ0n) is 17.9. The smallest absolute Gasteiger partial charge is 0.249 e. The van der Waals surface area contributed by atoms with E-state index in [4.69, 9.17) is 19.6 Å². The number of methoxy groups -OCH3 is 1. The number of carbonyl (C=O) groups is 1. The Morgan fingerprint density at radius 3 is 2.88 bits per heavy atom. The van der Waals surface area contributed by atoms with Crippen molar-refractivity contribution in [3.63, 3.8) is 0 Å². The molecule has 2 N–H and O–H groups in total. The van der Waals surface area contributed by atoms with Crippen molar-refractivity contribution in [3.8, 4) is 11.5 Å². The zero-order valence-corrected chi connectivity index (χ0v) is 17.9. The highest BCUT2D eigenvalue weighted by atomic mass is 19.1. The number of nitrogens with zero attached hydrogens (tertiary/aromatic N) is 1. The molecular formula is C25H25FN2O4. The van der Waals surface area contributed by atoms with Gasteiger partial charge in [-0.3, -0.25) is 4.79 Å². The molecule has 0 atom stereocenters. The van der Waals surface area contributed by atoms with Crippen LogP contribution < -0.4 is 15.2 Å². The maximum Gasteiger partial charge on any atom is 0.249 e. The van der Waals surface area contributed by atoms with Crippen LogP contribution >= 0.6 is 0 Å². The summed E-state index contributed by atoms with van der Waals surface area (Å²) in [6.07, 6.45) is 6.80. The molecule has 166 valence electrons. The third kappa shape index (κ3) is 3.79. The third-order valence-corrected chi connectivity index (χ3v) is 6.19. The molecule has 1 aromatic heterocycles. The van der Waals surface area contributed by atoms with Crippen molar-refractivity contribution in [2.24, 2.45) is 11.7 Å². The van der Waals surface area contributed by atoms with E-state index in [0.29, 0.717) is 17.2 Å². The first-order valence-electron chi connectivity index (χ1n) is 10.8. The second-order valence-electron chi connectivity index (χ2n) is 8.36. The van der Waals surface area contributed by atoms with Crippen molar-refractivity contribution in [1.29, 1.82) is 0 Å². The second kappa shape index (κ2) is 8.22. The largest absolute Gasteiger partial charge is 0.493 e. The fourth-order valence-electron chi connectivity index (χ4n) is 4.27. The average molecular weight is 436 g/mol. The molecule has 2 aliphatic rings. The van der Waals surface area contributed by atoms with Gasteiger partial charge in [0.05, 0.1) is 24.6 Å². The van der Waals surface area contributed by atoms with Crippen LogP contribution in [0.4, 0.5) is 4.39 Å². The van der Waals surface area contributed by atoms with Crippen LogP contribution in [0.5, 0.6) is 11.5 Å². The van der Waals surface area contributed by atoms with Gasteiger partial charge in [-0.05, 0) is 49.5 Å². The normalized spacial score (nSPS) is 15.1. The molecule has 1 saturated carbocycles. The van der Waals surface area contributed by atoms with Gasteiger partial charge in [0.15, 0.2) is 22.9 Å². The Labute approximate surface area is 185 Å². The Kier molecular flexibility index (Phi) is 5.25. The summed E-state index contributed by atoms with van der Waals surface area (Å²) in [5.41, 5.74) is 8.96. The van der Waals surface area contributed by atoms with Crippen molar-refractivity contribution in [1.82, 2.24) is 4.90 Å². The lowest BCUT2D eigenvalue weighted by Crippen LogP contribution is -2.32. The number of para-hydroxylation sites is 1. The number of hydrogen-bond donors (Lipinski definition) is 1. The predicted octanol–water partition coefficient (Wildman–Crippen LogP) is 4.37. The number of furan rings is 1. The van der Waals surface area contributed by atoms with Crippen molar-refractivity contribution < 1.29 is 23.1 Å². The number of hydrogen-bond acceptors (Lipinski definition) is 5. The van der Waals surface area contributed by atoms with Gasteiger partial charge in [-0.15, -0.1) is 0 Å². The van der Waals surface area contributed by atoms with Gasteiger partial charge in [0.1, 0.15) is 6.61 Å². The van der Waals surface area contributed by atoms with E-state index in [1.165, 1.54) is 25.0 Å². The molecule has 1 aliphatic carbocycles.